The first kappa shape index (κ1) is 15.3. The van der Waals surface area contributed by atoms with Crippen molar-refractivity contribution in [3.63, 3.8) is 0 Å². The van der Waals surface area contributed by atoms with Gasteiger partial charge in [-0.15, -0.1) is 0 Å². The molecule has 3 rings (SSSR count). The number of aliphatic hydroxyl groups excluding tert-OH is 1. The third-order valence-corrected chi connectivity index (χ3v) is 5.01. The summed E-state index contributed by atoms with van der Waals surface area (Å²) < 4.78 is 0. The molecule has 0 saturated carbocycles. The van der Waals surface area contributed by atoms with E-state index in [-0.39, 0.29) is 0 Å². The molecule has 0 radical (unpaired) electrons. The highest BCUT2D eigenvalue weighted by molar-refractivity contribution is 6.03. The maximum atomic E-state index is 9.63. The summed E-state index contributed by atoms with van der Waals surface area (Å²) in [6.07, 6.45) is 14.6. The van der Waals surface area contributed by atoms with Crippen LogP contribution in [0, 0.1) is 5.92 Å². The summed E-state index contributed by atoms with van der Waals surface area (Å²) >= 11 is 0. The standard InChI is InChI=1S/C19H26N2O/c1-3-21(4-2)16-8-5-14(6-9-16)18-11-7-15-13-17(22)10-12-19(15)20-18/h5-6,8,10,12,15-16,22H,3-4,7,9,11,13H2,1-2H3. The molecule has 22 heavy (non-hydrogen) atoms. The number of fused-ring (bicyclic) bond motifs is 1. The van der Waals surface area contributed by atoms with Crippen molar-refractivity contribution < 1.29 is 5.11 Å². The number of aliphatic hydroxyl groups is 1. The second kappa shape index (κ2) is 6.66. The van der Waals surface area contributed by atoms with Gasteiger partial charge in [0, 0.05) is 29.8 Å². The van der Waals surface area contributed by atoms with Crippen LogP contribution in [0.3, 0.4) is 0 Å². The van der Waals surface area contributed by atoms with E-state index >= 15 is 0 Å². The Morgan fingerprint density at radius 2 is 2.09 bits per heavy atom. The SMILES string of the molecule is CCN(CC)C1C=CC(C2=NC3=CC=C(O)CC3CC2)=CC1. The molecule has 3 nitrogen and oxygen atoms in total. The monoisotopic (exact) mass is 298 g/mol. The van der Waals surface area contributed by atoms with Crippen LogP contribution in [0.5, 0.6) is 0 Å². The van der Waals surface area contributed by atoms with Gasteiger partial charge in [-0.3, -0.25) is 9.89 Å². The first-order valence-corrected chi connectivity index (χ1v) is 8.51. The fourth-order valence-electron chi connectivity index (χ4n) is 3.64. The predicted molar refractivity (Wildman–Crippen MR) is 92.1 cm³/mol. The molecule has 1 heterocycles. The predicted octanol–water partition coefficient (Wildman–Crippen LogP) is 4.16. The van der Waals surface area contributed by atoms with E-state index in [0.717, 1.165) is 44.5 Å². The lowest BCUT2D eigenvalue weighted by Crippen LogP contribution is -2.34. The molecule has 2 unspecified atom stereocenters. The van der Waals surface area contributed by atoms with Gasteiger partial charge in [-0.05, 0) is 50.1 Å². The van der Waals surface area contributed by atoms with Crippen molar-refractivity contribution in [2.24, 2.45) is 10.9 Å². The molecule has 1 N–H and O–H groups in total. The fourth-order valence-corrected chi connectivity index (χ4v) is 3.64. The van der Waals surface area contributed by atoms with Crippen LogP contribution in [0.1, 0.15) is 39.5 Å². The highest BCUT2D eigenvalue weighted by atomic mass is 16.3. The maximum Gasteiger partial charge on any atom is 0.0929 e. The summed E-state index contributed by atoms with van der Waals surface area (Å²) in [5, 5.41) is 9.63. The Hall–Kier alpha value is -1.61. The average Bonchev–Trinajstić information content (AvgIpc) is 2.56. The Labute approximate surface area is 133 Å². The van der Waals surface area contributed by atoms with Crippen LogP contribution in [0.25, 0.3) is 0 Å². The Morgan fingerprint density at radius 3 is 2.77 bits per heavy atom. The minimum atomic E-state index is 0.408. The van der Waals surface area contributed by atoms with Gasteiger partial charge in [-0.25, -0.2) is 0 Å². The Kier molecular flexibility index (Phi) is 4.63. The van der Waals surface area contributed by atoms with Gasteiger partial charge in [-0.1, -0.05) is 32.1 Å². The smallest absolute Gasteiger partial charge is 0.0929 e. The van der Waals surface area contributed by atoms with E-state index in [2.05, 4.69) is 37.0 Å². The van der Waals surface area contributed by atoms with Gasteiger partial charge in [0.2, 0.25) is 0 Å². The third-order valence-electron chi connectivity index (χ3n) is 5.01. The van der Waals surface area contributed by atoms with Gasteiger partial charge in [0.25, 0.3) is 0 Å². The van der Waals surface area contributed by atoms with Crippen LogP contribution >= 0.6 is 0 Å². The van der Waals surface area contributed by atoms with Crippen molar-refractivity contribution in [3.8, 4) is 0 Å². The molecule has 1 aliphatic heterocycles. The first-order valence-electron chi connectivity index (χ1n) is 8.51. The summed E-state index contributed by atoms with van der Waals surface area (Å²) in [6.45, 7) is 6.64. The van der Waals surface area contributed by atoms with Crippen LogP contribution in [-0.4, -0.2) is 34.8 Å². The second-order valence-corrected chi connectivity index (χ2v) is 6.29. The quantitative estimate of drug-likeness (QED) is 0.845. The first-order chi connectivity index (χ1) is 10.7. The number of allylic oxidation sites excluding steroid dienone is 6. The molecule has 0 saturated heterocycles. The summed E-state index contributed by atoms with van der Waals surface area (Å²) in [5.41, 5.74) is 3.65. The van der Waals surface area contributed by atoms with Gasteiger partial charge >= 0.3 is 0 Å². The Bertz CT molecular complexity index is 576. The number of likely N-dealkylation sites (N-methyl/N-ethyl adjacent to an activating group) is 1. The maximum absolute atomic E-state index is 9.63. The highest BCUT2D eigenvalue weighted by Gasteiger charge is 2.25. The summed E-state index contributed by atoms with van der Waals surface area (Å²) in [7, 11) is 0. The van der Waals surface area contributed by atoms with Crippen LogP contribution < -0.4 is 0 Å². The van der Waals surface area contributed by atoms with E-state index in [1.165, 1.54) is 11.3 Å². The molecular weight excluding hydrogens is 272 g/mol. The highest BCUT2D eigenvalue weighted by Crippen LogP contribution is 2.34. The average molecular weight is 298 g/mol. The minimum Gasteiger partial charge on any atom is -0.512 e. The largest absolute Gasteiger partial charge is 0.512 e. The normalized spacial score (nSPS) is 27.8. The van der Waals surface area contributed by atoms with Crippen molar-refractivity contribution in [1.29, 1.82) is 0 Å². The molecule has 0 spiro atoms. The van der Waals surface area contributed by atoms with Gasteiger partial charge in [0.05, 0.1) is 5.76 Å². The van der Waals surface area contributed by atoms with E-state index in [1.54, 1.807) is 6.08 Å². The zero-order valence-corrected chi connectivity index (χ0v) is 13.6. The molecule has 2 aliphatic carbocycles. The van der Waals surface area contributed by atoms with Crippen molar-refractivity contribution in [2.75, 3.05) is 13.1 Å². The Morgan fingerprint density at radius 1 is 1.27 bits per heavy atom. The molecule has 0 bridgehead atoms. The molecule has 3 aliphatic rings. The lowest BCUT2D eigenvalue weighted by molar-refractivity contribution is 0.254. The summed E-state index contributed by atoms with van der Waals surface area (Å²) in [4.78, 5) is 7.35. The van der Waals surface area contributed by atoms with Crippen LogP contribution in [0.15, 0.2) is 52.4 Å². The molecule has 0 aromatic heterocycles. The molecule has 0 fully saturated rings. The molecule has 0 amide bonds. The number of hydrogen-bond acceptors (Lipinski definition) is 3. The van der Waals surface area contributed by atoms with E-state index in [4.69, 9.17) is 4.99 Å². The van der Waals surface area contributed by atoms with E-state index in [9.17, 15) is 5.11 Å². The fraction of sp³-hybridized carbons (Fsp3) is 0.526. The Balaban J connectivity index is 1.73. The molecule has 0 aromatic rings. The number of rotatable bonds is 4. The van der Waals surface area contributed by atoms with E-state index in [0.29, 0.717) is 17.7 Å². The van der Waals surface area contributed by atoms with Crippen molar-refractivity contribution >= 4 is 5.71 Å². The third kappa shape index (κ3) is 3.09. The van der Waals surface area contributed by atoms with E-state index < -0.39 is 0 Å². The molecule has 3 heteroatoms. The number of aliphatic imine (C=N–C) groups is 1. The lowest BCUT2D eigenvalue weighted by atomic mass is 9.85. The zero-order chi connectivity index (χ0) is 15.5. The number of hydrogen-bond donors (Lipinski definition) is 1. The van der Waals surface area contributed by atoms with Crippen molar-refractivity contribution in [2.45, 2.75) is 45.6 Å². The van der Waals surface area contributed by atoms with Gasteiger partial charge in [-0.2, -0.15) is 0 Å². The minimum absolute atomic E-state index is 0.408. The van der Waals surface area contributed by atoms with Gasteiger partial charge < -0.3 is 5.11 Å². The van der Waals surface area contributed by atoms with Crippen LogP contribution in [0.4, 0.5) is 0 Å². The van der Waals surface area contributed by atoms with Gasteiger partial charge in [0.15, 0.2) is 0 Å². The van der Waals surface area contributed by atoms with Crippen LogP contribution in [-0.2, 0) is 0 Å². The lowest BCUT2D eigenvalue weighted by Gasteiger charge is -2.30. The van der Waals surface area contributed by atoms with Crippen molar-refractivity contribution in [3.05, 3.63) is 47.4 Å². The van der Waals surface area contributed by atoms with Crippen LogP contribution in [0.2, 0.25) is 0 Å². The molecule has 0 aromatic carbocycles. The topological polar surface area (TPSA) is 35.8 Å². The molecule has 118 valence electrons. The summed E-state index contributed by atoms with van der Waals surface area (Å²) in [5.74, 6) is 0.900. The zero-order valence-electron chi connectivity index (χ0n) is 13.6. The van der Waals surface area contributed by atoms with Crippen molar-refractivity contribution in [1.82, 2.24) is 4.90 Å². The molecule has 2 atom stereocenters. The van der Waals surface area contributed by atoms with Gasteiger partial charge in [0.1, 0.15) is 0 Å². The van der Waals surface area contributed by atoms with E-state index in [1.807, 2.05) is 6.08 Å². The summed E-state index contributed by atoms with van der Waals surface area (Å²) in [6, 6.07) is 0.532. The molecular formula is C19H26N2O. The number of nitrogens with zero attached hydrogens (tertiary/aromatic N) is 2. The second-order valence-electron chi connectivity index (χ2n) is 6.29.